The largest absolute Gasteiger partial charge is 0.478 e. The SMILES string of the molecule is C=C(OCC#CC)c1nccc(N)n1. The summed E-state index contributed by atoms with van der Waals surface area (Å²) in [4.78, 5) is 7.90. The summed E-state index contributed by atoms with van der Waals surface area (Å²) in [5.74, 6) is 6.60. The number of nitrogens with zero attached hydrogens (tertiary/aromatic N) is 2. The third-order valence-corrected chi connectivity index (χ3v) is 1.42. The summed E-state index contributed by atoms with van der Waals surface area (Å²) in [5, 5.41) is 0. The monoisotopic (exact) mass is 189 g/mol. The maximum absolute atomic E-state index is 5.48. The molecular formula is C10H11N3O. The Morgan fingerprint density at radius 3 is 3.14 bits per heavy atom. The predicted molar refractivity (Wildman–Crippen MR) is 54.9 cm³/mol. The highest BCUT2D eigenvalue weighted by Crippen LogP contribution is 2.08. The average molecular weight is 189 g/mol. The van der Waals surface area contributed by atoms with Crippen molar-refractivity contribution in [3.63, 3.8) is 0 Å². The molecule has 0 bridgehead atoms. The minimum Gasteiger partial charge on any atom is -0.478 e. The molecule has 0 saturated carbocycles. The number of hydrogen-bond donors (Lipinski definition) is 1. The molecule has 0 unspecified atom stereocenters. The molecule has 0 fully saturated rings. The van der Waals surface area contributed by atoms with Gasteiger partial charge in [-0.15, -0.1) is 5.92 Å². The van der Waals surface area contributed by atoms with Gasteiger partial charge in [-0.2, -0.15) is 0 Å². The lowest BCUT2D eigenvalue weighted by atomic mass is 10.4. The van der Waals surface area contributed by atoms with E-state index in [1.807, 2.05) is 0 Å². The second-order valence-electron chi connectivity index (χ2n) is 2.44. The highest BCUT2D eigenvalue weighted by atomic mass is 16.5. The van der Waals surface area contributed by atoms with E-state index in [0.29, 0.717) is 17.4 Å². The molecule has 14 heavy (non-hydrogen) atoms. The first-order valence-electron chi connectivity index (χ1n) is 4.04. The van der Waals surface area contributed by atoms with Crippen molar-refractivity contribution in [1.29, 1.82) is 0 Å². The van der Waals surface area contributed by atoms with Gasteiger partial charge in [0.05, 0.1) is 0 Å². The maximum Gasteiger partial charge on any atom is 0.196 e. The van der Waals surface area contributed by atoms with Gasteiger partial charge >= 0.3 is 0 Å². The van der Waals surface area contributed by atoms with Crippen LogP contribution in [0.15, 0.2) is 18.8 Å². The highest BCUT2D eigenvalue weighted by molar-refractivity contribution is 5.51. The second-order valence-corrected chi connectivity index (χ2v) is 2.44. The summed E-state index contributed by atoms with van der Waals surface area (Å²) in [5.41, 5.74) is 5.48. The third-order valence-electron chi connectivity index (χ3n) is 1.42. The number of nitrogen functional groups attached to an aromatic ring is 1. The molecule has 1 rings (SSSR count). The molecule has 0 aliphatic rings. The number of anilines is 1. The van der Waals surface area contributed by atoms with Crippen molar-refractivity contribution >= 4 is 11.6 Å². The highest BCUT2D eigenvalue weighted by Gasteiger charge is 2.02. The van der Waals surface area contributed by atoms with Crippen LogP contribution in [-0.2, 0) is 4.74 Å². The first-order valence-corrected chi connectivity index (χ1v) is 4.04. The van der Waals surface area contributed by atoms with Gasteiger partial charge in [-0.1, -0.05) is 12.5 Å². The molecule has 1 aromatic heterocycles. The van der Waals surface area contributed by atoms with Crippen LogP contribution in [0.2, 0.25) is 0 Å². The Bertz CT molecular complexity index is 390. The van der Waals surface area contributed by atoms with E-state index in [1.165, 1.54) is 0 Å². The molecule has 72 valence electrons. The fraction of sp³-hybridized carbons (Fsp3) is 0.200. The Morgan fingerprint density at radius 1 is 1.71 bits per heavy atom. The molecule has 0 saturated heterocycles. The molecule has 0 atom stereocenters. The van der Waals surface area contributed by atoms with Crippen molar-refractivity contribution in [2.75, 3.05) is 12.3 Å². The molecule has 4 nitrogen and oxygen atoms in total. The van der Waals surface area contributed by atoms with Gasteiger partial charge in [-0.05, 0) is 13.0 Å². The Morgan fingerprint density at radius 2 is 2.50 bits per heavy atom. The maximum atomic E-state index is 5.48. The van der Waals surface area contributed by atoms with E-state index < -0.39 is 0 Å². The number of ether oxygens (including phenoxy) is 1. The summed E-state index contributed by atoms with van der Waals surface area (Å²) in [7, 11) is 0. The van der Waals surface area contributed by atoms with E-state index in [9.17, 15) is 0 Å². The van der Waals surface area contributed by atoms with Gasteiger partial charge in [0.1, 0.15) is 12.4 Å². The van der Waals surface area contributed by atoms with Crippen molar-refractivity contribution in [2.24, 2.45) is 0 Å². The number of rotatable bonds is 3. The zero-order valence-corrected chi connectivity index (χ0v) is 7.95. The van der Waals surface area contributed by atoms with E-state index in [1.54, 1.807) is 19.2 Å². The van der Waals surface area contributed by atoms with Crippen LogP contribution in [0.25, 0.3) is 5.76 Å². The van der Waals surface area contributed by atoms with E-state index in [0.717, 1.165) is 0 Å². The second kappa shape index (κ2) is 4.87. The van der Waals surface area contributed by atoms with Crippen molar-refractivity contribution in [3.05, 3.63) is 24.7 Å². The Balaban J connectivity index is 2.63. The minimum atomic E-state index is 0.285. The quantitative estimate of drug-likeness (QED) is 0.570. The lowest BCUT2D eigenvalue weighted by Gasteiger charge is -2.04. The average Bonchev–Trinajstić information content (AvgIpc) is 2.18. The van der Waals surface area contributed by atoms with E-state index in [4.69, 9.17) is 10.5 Å². The van der Waals surface area contributed by atoms with Crippen LogP contribution in [-0.4, -0.2) is 16.6 Å². The van der Waals surface area contributed by atoms with Crippen molar-refractivity contribution < 1.29 is 4.74 Å². The fourth-order valence-corrected chi connectivity index (χ4v) is 0.767. The van der Waals surface area contributed by atoms with Crippen LogP contribution < -0.4 is 5.73 Å². The normalized spacial score (nSPS) is 8.64. The first kappa shape index (κ1) is 10.1. The van der Waals surface area contributed by atoms with Gasteiger partial charge in [0, 0.05) is 6.20 Å². The van der Waals surface area contributed by atoms with Gasteiger partial charge < -0.3 is 10.5 Å². The molecule has 4 heteroatoms. The van der Waals surface area contributed by atoms with Gasteiger partial charge in [-0.3, -0.25) is 0 Å². The smallest absolute Gasteiger partial charge is 0.196 e. The summed E-state index contributed by atoms with van der Waals surface area (Å²) < 4.78 is 5.17. The van der Waals surface area contributed by atoms with Crippen LogP contribution in [0, 0.1) is 11.8 Å². The van der Waals surface area contributed by atoms with Crippen LogP contribution in [0.5, 0.6) is 0 Å². The summed E-state index contributed by atoms with van der Waals surface area (Å²) in [6.07, 6.45) is 1.55. The summed E-state index contributed by atoms with van der Waals surface area (Å²) in [6.45, 7) is 5.69. The van der Waals surface area contributed by atoms with E-state index in [2.05, 4.69) is 28.4 Å². The van der Waals surface area contributed by atoms with Gasteiger partial charge in [0.25, 0.3) is 0 Å². The van der Waals surface area contributed by atoms with Crippen LogP contribution in [0.3, 0.4) is 0 Å². The molecule has 0 aliphatic heterocycles. The van der Waals surface area contributed by atoms with Crippen LogP contribution in [0.4, 0.5) is 5.82 Å². The first-order chi connectivity index (χ1) is 6.74. The lowest BCUT2D eigenvalue weighted by molar-refractivity contribution is 0.324. The molecule has 0 spiro atoms. The number of nitrogens with two attached hydrogens (primary N) is 1. The van der Waals surface area contributed by atoms with Gasteiger partial charge in [-0.25, -0.2) is 9.97 Å². The molecular weight excluding hydrogens is 178 g/mol. The predicted octanol–water partition coefficient (Wildman–Crippen LogP) is 1.07. The molecule has 0 radical (unpaired) electrons. The Kier molecular flexibility index (Phi) is 3.50. The summed E-state index contributed by atoms with van der Waals surface area (Å²) >= 11 is 0. The molecule has 0 aromatic carbocycles. The standard InChI is InChI=1S/C10H11N3O/c1-3-4-7-14-8(2)10-12-6-5-9(11)13-10/h5-6H,2,7H2,1H3,(H2,11,12,13). The molecule has 0 amide bonds. The number of hydrogen-bond acceptors (Lipinski definition) is 4. The molecule has 0 aliphatic carbocycles. The Hall–Kier alpha value is -2.02. The van der Waals surface area contributed by atoms with Gasteiger partial charge in [0.15, 0.2) is 11.6 Å². The Labute approximate surface area is 82.8 Å². The lowest BCUT2D eigenvalue weighted by Crippen LogP contribution is -2.00. The van der Waals surface area contributed by atoms with Crippen LogP contribution in [0.1, 0.15) is 12.7 Å². The third kappa shape index (κ3) is 2.79. The minimum absolute atomic E-state index is 0.285. The summed E-state index contributed by atoms with van der Waals surface area (Å²) in [6, 6.07) is 1.60. The van der Waals surface area contributed by atoms with Crippen molar-refractivity contribution in [3.8, 4) is 11.8 Å². The zero-order chi connectivity index (χ0) is 10.4. The molecule has 1 aromatic rings. The molecule has 1 heterocycles. The molecule has 2 N–H and O–H groups in total. The van der Waals surface area contributed by atoms with E-state index in [-0.39, 0.29) is 6.61 Å². The number of aromatic nitrogens is 2. The van der Waals surface area contributed by atoms with Crippen molar-refractivity contribution in [2.45, 2.75) is 6.92 Å². The fourth-order valence-electron chi connectivity index (χ4n) is 0.767. The van der Waals surface area contributed by atoms with E-state index >= 15 is 0 Å². The van der Waals surface area contributed by atoms with Crippen LogP contribution >= 0.6 is 0 Å². The zero-order valence-electron chi connectivity index (χ0n) is 7.95. The van der Waals surface area contributed by atoms with Gasteiger partial charge in [0.2, 0.25) is 0 Å². The van der Waals surface area contributed by atoms with Crippen molar-refractivity contribution in [1.82, 2.24) is 9.97 Å². The topological polar surface area (TPSA) is 61.0 Å².